The molecule has 0 aromatic carbocycles. The van der Waals surface area contributed by atoms with Crippen LogP contribution in [0.5, 0.6) is 0 Å². The predicted octanol–water partition coefficient (Wildman–Crippen LogP) is 0.114. The quantitative estimate of drug-likeness (QED) is 0.744. The summed E-state index contributed by atoms with van der Waals surface area (Å²) in [6.07, 6.45) is -0.0114. The van der Waals surface area contributed by atoms with Crippen LogP contribution < -0.4 is 0 Å². The van der Waals surface area contributed by atoms with E-state index in [1.165, 1.54) is 7.11 Å². The van der Waals surface area contributed by atoms with Crippen LogP contribution in [-0.4, -0.2) is 60.9 Å². The van der Waals surface area contributed by atoms with Crippen LogP contribution in [0.2, 0.25) is 0 Å². The summed E-state index contributed by atoms with van der Waals surface area (Å²) < 4.78 is 10.3. The van der Waals surface area contributed by atoms with E-state index in [9.17, 15) is 9.59 Å². The number of amides is 1. The second-order valence-corrected chi connectivity index (χ2v) is 3.99. The Morgan fingerprint density at radius 3 is 2.82 bits per heavy atom. The van der Waals surface area contributed by atoms with Gasteiger partial charge >= 0.3 is 5.97 Å². The minimum absolute atomic E-state index is 0.0914. The topological polar surface area (TPSA) is 76.1 Å². The zero-order chi connectivity index (χ0) is 12.8. The van der Waals surface area contributed by atoms with Crippen molar-refractivity contribution in [3.8, 4) is 0 Å². The Bertz CT molecular complexity index is 277. The molecular weight excluding hydrogens is 226 g/mol. The lowest BCUT2D eigenvalue weighted by Crippen LogP contribution is -2.53. The molecule has 1 aliphatic rings. The highest BCUT2D eigenvalue weighted by atomic mass is 16.5. The van der Waals surface area contributed by atoms with Crippen molar-refractivity contribution in [1.29, 1.82) is 0 Å². The molecule has 6 heteroatoms. The zero-order valence-corrected chi connectivity index (χ0v) is 10.2. The minimum Gasteiger partial charge on any atom is -0.481 e. The second kappa shape index (κ2) is 6.56. The highest BCUT2D eigenvalue weighted by Gasteiger charge is 2.32. The molecule has 0 aromatic heterocycles. The first-order chi connectivity index (χ1) is 8.10. The molecule has 0 aliphatic carbocycles. The number of hydrogen-bond donors (Lipinski definition) is 1. The Morgan fingerprint density at radius 2 is 2.29 bits per heavy atom. The SMILES string of the molecule is CC[C@H](OC)C(=O)N1CCOC[C@@H]1CC(=O)O. The van der Waals surface area contributed by atoms with E-state index in [0.29, 0.717) is 19.6 Å². The van der Waals surface area contributed by atoms with Gasteiger partial charge in [-0.15, -0.1) is 0 Å². The number of aliphatic carboxylic acids is 1. The standard InChI is InChI=1S/C11H19NO5/c1-3-9(16-2)11(15)12-4-5-17-7-8(12)6-10(13)14/h8-9H,3-7H2,1-2H3,(H,13,14)/t8-,9-/m0/s1. The molecule has 0 radical (unpaired) electrons. The molecule has 1 fully saturated rings. The van der Waals surface area contributed by atoms with E-state index in [2.05, 4.69) is 0 Å². The third-order valence-electron chi connectivity index (χ3n) is 2.85. The molecule has 0 aromatic rings. The van der Waals surface area contributed by atoms with Crippen molar-refractivity contribution in [3.63, 3.8) is 0 Å². The van der Waals surface area contributed by atoms with Gasteiger partial charge in [0.05, 0.1) is 25.7 Å². The van der Waals surface area contributed by atoms with E-state index < -0.39 is 18.1 Å². The summed E-state index contributed by atoms with van der Waals surface area (Å²) in [6.45, 7) is 3.01. The van der Waals surface area contributed by atoms with Gasteiger partial charge in [-0.3, -0.25) is 9.59 Å². The van der Waals surface area contributed by atoms with E-state index >= 15 is 0 Å². The van der Waals surface area contributed by atoms with Gasteiger partial charge in [0.25, 0.3) is 5.91 Å². The minimum atomic E-state index is -0.927. The van der Waals surface area contributed by atoms with Crippen LogP contribution in [-0.2, 0) is 19.1 Å². The molecule has 0 bridgehead atoms. The number of carboxylic acid groups (broad SMARTS) is 1. The molecular formula is C11H19NO5. The van der Waals surface area contributed by atoms with Gasteiger partial charge in [0.15, 0.2) is 0 Å². The first-order valence-corrected chi connectivity index (χ1v) is 5.73. The van der Waals surface area contributed by atoms with Gasteiger partial charge in [-0.1, -0.05) is 6.92 Å². The van der Waals surface area contributed by atoms with Crippen LogP contribution in [0, 0.1) is 0 Å². The Morgan fingerprint density at radius 1 is 1.59 bits per heavy atom. The van der Waals surface area contributed by atoms with Gasteiger partial charge in [0.1, 0.15) is 6.10 Å². The van der Waals surface area contributed by atoms with Gasteiger partial charge in [0.2, 0.25) is 0 Å². The highest BCUT2D eigenvalue weighted by molar-refractivity contribution is 5.82. The summed E-state index contributed by atoms with van der Waals surface area (Å²) in [5.41, 5.74) is 0. The van der Waals surface area contributed by atoms with Crippen molar-refractivity contribution < 1.29 is 24.2 Å². The van der Waals surface area contributed by atoms with Crippen LogP contribution in [0.1, 0.15) is 19.8 Å². The summed E-state index contributed by atoms with van der Waals surface area (Å²) >= 11 is 0. The normalized spacial score (nSPS) is 22.2. The number of hydrogen-bond acceptors (Lipinski definition) is 4. The summed E-state index contributed by atoms with van der Waals surface area (Å²) in [6, 6.07) is -0.391. The zero-order valence-electron chi connectivity index (χ0n) is 10.2. The third-order valence-corrected chi connectivity index (χ3v) is 2.85. The van der Waals surface area contributed by atoms with Gasteiger partial charge in [-0.2, -0.15) is 0 Å². The number of carbonyl (C=O) groups is 2. The first-order valence-electron chi connectivity index (χ1n) is 5.73. The fourth-order valence-corrected chi connectivity index (χ4v) is 1.94. The van der Waals surface area contributed by atoms with Crippen molar-refractivity contribution in [2.24, 2.45) is 0 Å². The number of ether oxygens (including phenoxy) is 2. The van der Waals surface area contributed by atoms with Crippen LogP contribution in [0.3, 0.4) is 0 Å². The molecule has 0 saturated carbocycles. The highest BCUT2D eigenvalue weighted by Crippen LogP contribution is 2.14. The van der Waals surface area contributed by atoms with Crippen molar-refractivity contribution >= 4 is 11.9 Å². The number of morpholine rings is 1. The average molecular weight is 245 g/mol. The van der Waals surface area contributed by atoms with Gasteiger partial charge in [0, 0.05) is 13.7 Å². The molecule has 1 rings (SSSR count). The number of rotatable bonds is 5. The van der Waals surface area contributed by atoms with Crippen LogP contribution in [0.15, 0.2) is 0 Å². The molecule has 0 unspecified atom stereocenters. The van der Waals surface area contributed by atoms with E-state index in [1.807, 2.05) is 6.92 Å². The van der Waals surface area contributed by atoms with E-state index in [-0.39, 0.29) is 18.9 Å². The lowest BCUT2D eigenvalue weighted by atomic mass is 10.1. The largest absolute Gasteiger partial charge is 0.481 e. The van der Waals surface area contributed by atoms with Gasteiger partial charge in [-0.05, 0) is 6.42 Å². The summed E-state index contributed by atoms with van der Waals surface area (Å²) in [5.74, 6) is -1.08. The number of nitrogens with zero attached hydrogens (tertiary/aromatic N) is 1. The molecule has 1 saturated heterocycles. The van der Waals surface area contributed by atoms with Crippen molar-refractivity contribution in [3.05, 3.63) is 0 Å². The molecule has 6 nitrogen and oxygen atoms in total. The molecule has 0 spiro atoms. The summed E-state index contributed by atoms with van der Waals surface area (Å²) in [5, 5.41) is 8.79. The van der Waals surface area contributed by atoms with Crippen LogP contribution in [0.25, 0.3) is 0 Å². The van der Waals surface area contributed by atoms with Crippen LogP contribution in [0.4, 0.5) is 0 Å². The van der Waals surface area contributed by atoms with Crippen molar-refractivity contribution in [1.82, 2.24) is 4.90 Å². The van der Waals surface area contributed by atoms with Gasteiger partial charge in [-0.25, -0.2) is 0 Å². The average Bonchev–Trinajstić information content (AvgIpc) is 2.30. The summed E-state index contributed by atoms with van der Waals surface area (Å²) in [7, 11) is 1.48. The summed E-state index contributed by atoms with van der Waals surface area (Å²) in [4.78, 5) is 24.4. The number of carbonyl (C=O) groups excluding carboxylic acids is 1. The lowest BCUT2D eigenvalue weighted by molar-refractivity contribution is -0.153. The molecule has 1 aliphatic heterocycles. The van der Waals surface area contributed by atoms with E-state index in [4.69, 9.17) is 14.6 Å². The number of carboxylic acids is 1. The molecule has 1 heterocycles. The van der Waals surface area contributed by atoms with Crippen LogP contribution >= 0.6 is 0 Å². The second-order valence-electron chi connectivity index (χ2n) is 3.99. The first kappa shape index (κ1) is 13.9. The molecule has 1 amide bonds. The van der Waals surface area contributed by atoms with Gasteiger partial charge < -0.3 is 19.5 Å². The maximum atomic E-state index is 12.1. The Labute approximate surface area is 100 Å². The Hall–Kier alpha value is -1.14. The number of methoxy groups -OCH3 is 1. The fraction of sp³-hybridized carbons (Fsp3) is 0.818. The maximum Gasteiger partial charge on any atom is 0.305 e. The van der Waals surface area contributed by atoms with E-state index in [0.717, 1.165) is 0 Å². The smallest absolute Gasteiger partial charge is 0.305 e. The third kappa shape index (κ3) is 3.67. The Kier molecular flexibility index (Phi) is 5.37. The fourth-order valence-electron chi connectivity index (χ4n) is 1.94. The molecule has 2 atom stereocenters. The van der Waals surface area contributed by atoms with Crippen molar-refractivity contribution in [2.45, 2.75) is 31.9 Å². The molecule has 1 N–H and O–H groups in total. The van der Waals surface area contributed by atoms with Crippen molar-refractivity contribution in [2.75, 3.05) is 26.9 Å². The monoisotopic (exact) mass is 245 g/mol. The molecule has 98 valence electrons. The van der Waals surface area contributed by atoms with E-state index in [1.54, 1.807) is 4.90 Å². The lowest BCUT2D eigenvalue weighted by Gasteiger charge is -2.36. The molecule has 17 heavy (non-hydrogen) atoms. The predicted molar refractivity (Wildman–Crippen MR) is 59.7 cm³/mol. The maximum absolute atomic E-state index is 12.1. The Balaban J connectivity index is 2.69.